The van der Waals surface area contributed by atoms with Gasteiger partial charge in [-0.1, -0.05) is 33.6 Å². The summed E-state index contributed by atoms with van der Waals surface area (Å²) in [6.45, 7) is 13.4. The molecule has 2 rings (SSSR count). The Morgan fingerprint density at radius 1 is 1.20 bits per heavy atom. The van der Waals surface area contributed by atoms with E-state index < -0.39 is 0 Å². The summed E-state index contributed by atoms with van der Waals surface area (Å²) in [6.07, 6.45) is 9.98. The molecule has 1 N–H and O–H groups in total. The van der Waals surface area contributed by atoms with Gasteiger partial charge in [-0.05, 0) is 62.4 Å². The molecule has 20 heavy (non-hydrogen) atoms. The highest BCUT2D eigenvalue weighted by molar-refractivity contribution is 4.91. The van der Waals surface area contributed by atoms with Crippen molar-refractivity contribution in [1.82, 2.24) is 10.2 Å². The first-order valence-corrected chi connectivity index (χ1v) is 9.10. The first-order valence-electron chi connectivity index (χ1n) is 9.10. The Morgan fingerprint density at radius 3 is 2.60 bits per heavy atom. The first-order chi connectivity index (χ1) is 9.67. The van der Waals surface area contributed by atoms with Crippen molar-refractivity contribution in [3.05, 3.63) is 0 Å². The molecule has 2 fully saturated rings. The Kier molecular flexibility index (Phi) is 6.35. The second kappa shape index (κ2) is 7.79. The van der Waals surface area contributed by atoms with Crippen LogP contribution in [-0.2, 0) is 0 Å². The van der Waals surface area contributed by atoms with Crippen LogP contribution in [0.15, 0.2) is 0 Å². The maximum absolute atomic E-state index is 3.74. The van der Waals surface area contributed by atoms with Gasteiger partial charge in [-0.3, -0.25) is 0 Å². The Labute approximate surface area is 126 Å². The molecule has 0 heterocycles. The maximum atomic E-state index is 3.74. The Hall–Kier alpha value is -0.0800. The minimum Gasteiger partial charge on any atom is -0.316 e. The summed E-state index contributed by atoms with van der Waals surface area (Å²) in [6, 6.07) is 0. The molecule has 2 aliphatic carbocycles. The lowest BCUT2D eigenvalue weighted by atomic mass is 9.69. The summed E-state index contributed by atoms with van der Waals surface area (Å²) >= 11 is 0. The van der Waals surface area contributed by atoms with Crippen LogP contribution in [0.5, 0.6) is 0 Å². The smallest absolute Gasteiger partial charge is 0.00502 e. The van der Waals surface area contributed by atoms with Gasteiger partial charge in [-0.25, -0.2) is 0 Å². The zero-order chi connectivity index (χ0) is 14.4. The van der Waals surface area contributed by atoms with Gasteiger partial charge in [0.25, 0.3) is 0 Å². The highest BCUT2D eigenvalue weighted by Gasteiger charge is 2.37. The molecule has 2 aliphatic rings. The van der Waals surface area contributed by atoms with Crippen molar-refractivity contribution in [1.29, 1.82) is 0 Å². The van der Waals surface area contributed by atoms with Crippen molar-refractivity contribution < 1.29 is 0 Å². The molecule has 2 atom stereocenters. The number of hydrogen-bond donors (Lipinski definition) is 1. The van der Waals surface area contributed by atoms with Gasteiger partial charge in [0, 0.05) is 19.6 Å². The molecule has 2 unspecified atom stereocenters. The largest absolute Gasteiger partial charge is 0.316 e. The van der Waals surface area contributed by atoms with Crippen LogP contribution in [0.1, 0.15) is 65.7 Å². The molecule has 118 valence electrons. The molecular formula is C18H36N2. The highest BCUT2D eigenvalue weighted by Crippen LogP contribution is 2.40. The van der Waals surface area contributed by atoms with Gasteiger partial charge < -0.3 is 10.2 Å². The standard InChI is InChI=1S/C18H36N2/c1-4-11-19-14-18(10-6-7-16(3)12-18)15-20(5-2)13-17-8-9-17/h16-17,19H,4-15H2,1-3H3. The average Bonchev–Trinajstić information content (AvgIpc) is 3.22. The fourth-order valence-corrected chi connectivity index (χ4v) is 4.10. The van der Waals surface area contributed by atoms with Crippen molar-refractivity contribution in [3.8, 4) is 0 Å². The van der Waals surface area contributed by atoms with Crippen LogP contribution in [0.3, 0.4) is 0 Å². The molecule has 0 saturated heterocycles. The Bertz CT molecular complexity index is 275. The quantitative estimate of drug-likeness (QED) is 0.644. The van der Waals surface area contributed by atoms with Crippen LogP contribution in [0.4, 0.5) is 0 Å². The second-order valence-electron chi connectivity index (χ2n) is 7.65. The van der Waals surface area contributed by atoms with E-state index in [2.05, 4.69) is 31.0 Å². The van der Waals surface area contributed by atoms with E-state index in [1.54, 1.807) is 0 Å². The topological polar surface area (TPSA) is 15.3 Å². The number of rotatable bonds is 9. The van der Waals surface area contributed by atoms with Crippen LogP contribution in [0.25, 0.3) is 0 Å². The summed E-state index contributed by atoms with van der Waals surface area (Å²) in [5, 5.41) is 3.74. The van der Waals surface area contributed by atoms with Crippen LogP contribution in [0, 0.1) is 17.3 Å². The maximum Gasteiger partial charge on any atom is 0.00502 e. The van der Waals surface area contributed by atoms with E-state index in [9.17, 15) is 0 Å². The minimum atomic E-state index is 0.553. The molecule has 0 aromatic heterocycles. The minimum absolute atomic E-state index is 0.553. The van der Waals surface area contributed by atoms with Crippen LogP contribution in [-0.4, -0.2) is 37.6 Å². The van der Waals surface area contributed by atoms with Crippen molar-refractivity contribution in [3.63, 3.8) is 0 Å². The van der Waals surface area contributed by atoms with E-state index in [0.717, 1.165) is 11.8 Å². The van der Waals surface area contributed by atoms with Crippen molar-refractivity contribution >= 4 is 0 Å². The van der Waals surface area contributed by atoms with Crippen molar-refractivity contribution in [2.45, 2.75) is 65.7 Å². The summed E-state index contributed by atoms with van der Waals surface area (Å²) < 4.78 is 0. The molecule has 0 spiro atoms. The fourth-order valence-electron chi connectivity index (χ4n) is 4.10. The highest BCUT2D eigenvalue weighted by atomic mass is 15.1. The van der Waals surface area contributed by atoms with Gasteiger partial charge >= 0.3 is 0 Å². The van der Waals surface area contributed by atoms with Gasteiger partial charge in [0.05, 0.1) is 0 Å². The molecule has 2 saturated carbocycles. The third-order valence-electron chi connectivity index (χ3n) is 5.33. The zero-order valence-corrected chi connectivity index (χ0v) is 14.1. The summed E-state index contributed by atoms with van der Waals surface area (Å²) in [5.74, 6) is 1.95. The van der Waals surface area contributed by atoms with E-state index in [0.29, 0.717) is 5.41 Å². The van der Waals surface area contributed by atoms with Gasteiger partial charge in [-0.2, -0.15) is 0 Å². The first kappa shape index (κ1) is 16.3. The van der Waals surface area contributed by atoms with Gasteiger partial charge in [-0.15, -0.1) is 0 Å². The third-order valence-corrected chi connectivity index (χ3v) is 5.33. The third kappa shape index (κ3) is 5.04. The second-order valence-corrected chi connectivity index (χ2v) is 7.65. The average molecular weight is 280 g/mol. The molecule has 0 aliphatic heterocycles. The lowest BCUT2D eigenvalue weighted by Crippen LogP contribution is -2.47. The predicted molar refractivity (Wildman–Crippen MR) is 88.1 cm³/mol. The molecule has 0 aromatic rings. The number of nitrogens with zero attached hydrogens (tertiary/aromatic N) is 1. The molecule has 0 aromatic carbocycles. The SMILES string of the molecule is CCCNCC1(CN(CC)CC2CC2)CCCC(C)C1. The predicted octanol–water partition coefficient (Wildman–Crippen LogP) is 3.91. The van der Waals surface area contributed by atoms with E-state index in [-0.39, 0.29) is 0 Å². The number of nitrogens with one attached hydrogen (secondary N) is 1. The molecule has 2 heteroatoms. The molecule has 2 nitrogen and oxygen atoms in total. The normalized spacial score (nSPS) is 30.9. The van der Waals surface area contributed by atoms with Crippen molar-refractivity contribution in [2.24, 2.45) is 17.3 Å². The zero-order valence-electron chi connectivity index (χ0n) is 14.1. The molecule has 0 bridgehead atoms. The van der Waals surface area contributed by atoms with Crippen LogP contribution in [0.2, 0.25) is 0 Å². The summed E-state index contributed by atoms with van der Waals surface area (Å²) in [7, 11) is 0. The molecule has 0 radical (unpaired) electrons. The molecular weight excluding hydrogens is 244 g/mol. The van der Waals surface area contributed by atoms with E-state index >= 15 is 0 Å². The van der Waals surface area contributed by atoms with Gasteiger partial charge in [0.2, 0.25) is 0 Å². The molecule has 0 amide bonds. The van der Waals surface area contributed by atoms with E-state index in [1.165, 1.54) is 77.7 Å². The van der Waals surface area contributed by atoms with E-state index in [4.69, 9.17) is 0 Å². The lowest BCUT2D eigenvalue weighted by molar-refractivity contribution is 0.0802. The van der Waals surface area contributed by atoms with Gasteiger partial charge in [0.15, 0.2) is 0 Å². The Morgan fingerprint density at radius 2 is 2.00 bits per heavy atom. The van der Waals surface area contributed by atoms with Crippen molar-refractivity contribution in [2.75, 3.05) is 32.7 Å². The van der Waals surface area contributed by atoms with Crippen LogP contribution < -0.4 is 5.32 Å². The van der Waals surface area contributed by atoms with Gasteiger partial charge in [0.1, 0.15) is 0 Å². The van der Waals surface area contributed by atoms with Crippen LogP contribution >= 0.6 is 0 Å². The fraction of sp³-hybridized carbons (Fsp3) is 1.00. The number of hydrogen-bond acceptors (Lipinski definition) is 2. The van der Waals surface area contributed by atoms with E-state index in [1.807, 2.05) is 0 Å². The monoisotopic (exact) mass is 280 g/mol. The summed E-state index contributed by atoms with van der Waals surface area (Å²) in [5.41, 5.74) is 0.553. The lowest BCUT2D eigenvalue weighted by Gasteiger charge is -2.43. The summed E-state index contributed by atoms with van der Waals surface area (Å²) in [4.78, 5) is 2.75. The Balaban J connectivity index is 1.92.